The Balaban J connectivity index is 2.56. The first-order valence-corrected chi connectivity index (χ1v) is 7.69. The molecule has 2 nitrogen and oxygen atoms in total. The zero-order valence-corrected chi connectivity index (χ0v) is 10.8. The molecule has 1 aliphatic rings. The Kier molecular flexibility index (Phi) is 3.96. The summed E-state index contributed by atoms with van der Waals surface area (Å²) in [5.74, 6) is 0.791. The average molecular weight is 282 g/mol. The predicted octanol–water partition coefficient (Wildman–Crippen LogP) is 3.96. The highest BCUT2D eigenvalue weighted by atomic mass is 35.7. The van der Waals surface area contributed by atoms with Crippen LogP contribution in [0.5, 0.6) is 5.75 Å². The highest BCUT2D eigenvalue weighted by molar-refractivity contribution is 8.21. The normalized spacial score (nSPS) is 19.5. The summed E-state index contributed by atoms with van der Waals surface area (Å²) in [4.78, 5) is 1.85. The molecule has 0 fully saturated rings. The summed E-state index contributed by atoms with van der Waals surface area (Å²) in [6.07, 6.45) is 0.813. The van der Waals surface area contributed by atoms with E-state index < -0.39 is 0 Å². The highest BCUT2D eigenvalue weighted by Gasteiger charge is 2.24. The number of benzene rings is 1. The molecule has 1 aromatic rings. The molecule has 0 aromatic heterocycles. The Bertz CT molecular complexity index is 375. The molecule has 0 saturated carbocycles. The largest absolute Gasteiger partial charge is 0.492 e. The monoisotopic (exact) mass is 281 g/mol. The van der Waals surface area contributed by atoms with E-state index in [1.54, 1.807) is 0 Å². The van der Waals surface area contributed by atoms with E-state index in [0.29, 0.717) is 6.61 Å². The molecule has 1 aromatic carbocycles. The Morgan fingerprint density at radius 1 is 1.27 bits per heavy atom. The van der Waals surface area contributed by atoms with Crippen LogP contribution in [0.15, 0.2) is 21.9 Å². The van der Waals surface area contributed by atoms with Crippen LogP contribution in [0.3, 0.4) is 0 Å². The van der Waals surface area contributed by atoms with Crippen LogP contribution in [-0.4, -0.2) is 6.61 Å². The Morgan fingerprint density at radius 3 is 2.60 bits per heavy atom. The molecule has 1 heterocycles. The van der Waals surface area contributed by atoms with E-state index in [9.17, 15) is 0 Å². The molecule has 0 spiro atoms. The van der Waals surface area contributed by atoms with Gasteiger partial charge in [-0.05, 0) is 55.4 Å². The van der Waals surface area contributed by atoms with Crippen molar-refractivity contribution < 1.29 is 4.74 Å². The summed E-state index contributed by atoms with van der Waals surface area (Å²) in [7, 11) is 13.9. The van der Waals surface area contributed by atoms with E-state index in [-0.39, 0.29) is 6.04 Å². The van der Waals surface area contributed by atoms with Gasteiger partial charge in [0.05, 0.1) is 11.5 Å². The van der Waals surface area contributed by atoms with Gasteiger partial charge in [-0.2, -0.15) is 0 Å². The van der Waals surface area contributed by atoms with Crippen molar-refractivity contribution >= 4 is 43.3 Å². The van der Waals surface area contributed by atoms with Gasteiger partial charge in [0, 0.05) is 22.9 Å². The van der Waals surface area contributed by atoms with Gasteiger partial charge >= 0.3 is 0 Å². The van der Waals surface area contributed by atoms with Crippen LogP contribution in [0.1, 0.15) is 18.0 Å². The highest BCUT2D eigenvalue weighted by Crippen LogP contribution is 2.45. The maximum atomic E-state index is 6.04. The Morgan fingerprint density at radius 2 is 1.93 bits per heavy atom. The summed E-state index contributed by atoms with van der Waals surface area (Å²) in [6, 6.07) is 3.81. The summed E-state index contributed by atoms with van der Waals surface area (Å²) in [5, 5.41) is 0. The molecule has 2 rings (SSSR count). The van der Waals surface area contributed by atoms with Gasteiger partial charge in [0.15, 0.2) is 0 Å². The molecule has 6 heteroatoms. The second-order valence-electron chi connectivity index (χ2n) is 3.20. The number of halogens is 2. The second-order valence-corrected chi connectivity index (χ2v) is 5.32. The van der Waals surface area contributed by atoms with Gasteiger partial charge in [-0.15, -0.1) is 0 Å². The summed E-state index contributed by atoms with van der Waals surface area (Å²) in [6.45, 7) is 0.634. The van der Waals surface area contributed by atoms with Crippen molar-refractivity contribution in [3.8, 4) is 5.75 Å². The minimum absolute atomic E-state index is 0.0150. The van der Waals surface area contributed by atoms with Crippen molar-refractivity contribution in [1.29, 1.82) is 0 Å². The smallest absolute Gasteiger partial charge is 0.139 e. The van der Waals surface area contributed by atoms with Gasteiger partial charge in [0.1, 0.15) is 5.75 Å². The average Bonchev–Trinajstić information content (AvgIpc) is 2.28. The Labute approximate surface area is 106 Å². The molecule has 0 bridgehead atoms. The van der Waals surface area contributed by atoms with Crippen LogP contribution in [-0.2, 0) is 0 Å². The van der Waals surface area contributed by atoms with E-state index in [0.717, 1.165) is 38.5 Å². The molecule has 2 N–H and O–H groups in total. The third-order valence-electron chi connectivity index (χ3n) is 2.33. The van der Waals surface area contributed by atoms with Crippen LogP contribution in [0.2, 0.25) is 0 Å². The van der Waals surface area contributed by atoms with Crippen LogP contribution in [0.25, 0.3) is 0 Å². The van der Waals surface area contributed by atoms with Gasteiger partial charge in [-0.1, -0.05) is 0 Å². The lowest BCUT2D eigenvalue weighted by Crippen LogP contribution is -2.21. The summed E-state index contributed by atoms with van der Waals surface area (Å²) >= 11 is 0. The molecule has 1 atom stereocenters. The zero-order valence-electron chi connectivity index (χ0n) is 7.70. The van der Waals surface area contributed by atoms with Gasteiger partial charge < -0.3 is 10.5 Å². The summed E-state index contributed by atoms with van der Waals surface area (Å²) < 4.78 is 5.60. The fraction of sp³-hybridized carbons (Fsp3) is 0.333. The van der Waals surface area contributed by atoms with E-state index in [2.05, 4.69) is 0 Å². The van der Waals surface area contributed by atoms with Crippen LogP contribution < -0.4 is 10.5 Å². The van der Waals surface area contributed by atoms with Gasteiger partial charge in [0.2, 0.25) is 0 Å². The van der Waals surface area contributed by atoms with Crippen molar-refractivity contribution in [1.82, 2.24) is 0 Å². The van der Waals surface area contributed by atoms with E-state index in [1.165, 1.54) is 11.0 Å². The first kappa shape index (κ1) is 11.7. The lowest BCUT2D eigenvalue weighted by Gasteiger charge is -2.26. The number of hydrogen-bond acceptors (Lipinski definition) is 4. The first-order valence-electron chi connectivity index (χ1n) is 4.40. The number of nitrogens with two attached hydrogens (primary N) is 1. The molecule has 0 saturated heterocycles. The minimum Gasteiger partial charge on any atom is -0.492 e. The molecular formula is C9H9Cl2NOS2. The number of rotatable bonds is 2. The zero-order chi connectivity index (χ0) is 10.8. The van der Waals surface area contributed by atoms with Crippen molar-refractivity contribution in [2.24, 2.45) is 5.73 Å². The Hall–Kier alpha value is 0.260. The molecule has 1 unspecified atom stereocenters. The molecule has 1 aliphatic heterocycles. The third kappa shape index (κ3) is 2.19. The standard InChI is InChI=1S/C9H9Cl2NOS2/c10-14-6-1-2-7(15-11)9-8(6)5(12)3-4-13-9/h1-2,5H,3-4,12H2. The number of fused-ring (bicyclic) bond motifs is 1. The predicted molar refractivity (Wildman–Crippen MR) is 66.9 cm³/mol. The van der Waals surface area contributed by atoms with Gasteiger partial charge in [0.25, 0.3) is 0 Å². The third-order valence-corrected chi connectivity index (χ3v) is 4.34. The molecular weight excluding hydrogens is 273 g/mol. The quantitative estimate of drug-likeness (QED) is 0.890. The number of ether oxygens (including phenoxy) is 1. The minimum atomic E-state index is -0.0150. The van der Waals surface area contributed by atoms with E-state index >= 15 is 0 Å². The molecule has 82 valence electrons. The number of hydrogen-bond donors (Lipinski definition) is 1. The van der Waals surface area contributed by atoms with Crippen molar-refractivity contribution in [3.63, 3.8) is 0 Å². The van der Waals surface area contributed by atoms with Crippen LogP contribution in [0, 0.1) is 0 Å². The molecule has 0 radical (unpaired) electrons. The lowest BCUT2D eigenvalue weighted by molar-refractivity contribution is 0.260. The lowest BCUT2D eigenvalue weighted by atomic mass is 10.0. The van der Waals surface area contributed by atoms with Gasteiger partial charge in [-0.3, -0.25) is 0 Å². The molecule has 0 aliphatic carbocycles. The van der Waals surface area contributed by atoms with Crippen LogP contribution in [0.4, 0.5) is 0 Å². The molecule has 0 amide bonds. The van der Waals surface area contributed by atoms with Crippen molar-refractivity contribution in [3.05, 3.63) is 17.7 Å². The fourth-order valence-electron chi connectivity index (χ4n) is 1.62. The maximum absolute atomic E-state index is 6.04. The summed E-state index contributed by atoms with van der Waals surface area (Å²) in [5.41, 5.74) is 7.02. The second kappa shape index (κ2) is 5.06. The topological polar surface area (TPSA) is 35.2 Å². The maximum Gasteiger partial charge on any atom is 0.139 e. The van der Waals surface area contributed by atoms with E-state index in [4.69, 9.17) is 31.8 Å². The van der Waals surface area contributed by atoms with Crippen molar-refractivity contribution in [2.75, 3.05) is 6.61 Å². The van der Waals surface area contributed by atoms with Crippen molar-refractivity contribution in [2.45, 2.75) is 22.3 Å². The van der Waals surface area contributed by atoms with E-state index in [1.807, 2.05) is 12.1 Å². The van der Waals surface area contributed by atoms with Crippen LogP contribution >= 0.6 is 43.3 Å². The SMILES string of the molecule is NC1CCOc2c(SCl)ccc(SCl)c21. The first-order chi connectivity index (χ1) is 7.27. The van der Waals surface area contributed by atoms with Gasteiger partial charge in [-0.25, -0.2) is 0 Å². The fourth-order valence-corrected chi connectivity index (χ4v) is 3.20. The molecule has 15 heavy (non-hydrogen) atoms.